The predicted octanol–water partition coefficient (Wildman–Crippen LogP) is 3.13. The van der Waals surface area contributed by atoms with Crippen LogP contribution in [0.1, 0.15) is 18.1 Å². The molecule has 128 valence electrons. The number of hydrogen-bond acceptors (Lipinski definition) is 3. The van der Waals surface area contributed by atoms with Crippen LogP contribution < -0.4 is 10.0 Å². The molecule has 1 amide bonds. The van der Waals surface area contributed by atoms with Crippen LogP contribution in [-0.2, 0) is 21.2 Å². The Labute approximate surface area is 147 Å². The Kier molecular flexibility index (Phi) is 5.99. The van der Waals surface area contributed by atoms with Crippen LogP contribution in [0.5, 0.6) is 0 Å². The summed E-state index contributed by atoms with van der Waals surface area (Å²) in [5.74, 6) is -0.438. The third kappa shape index (κ3) is 4.80. The zero-order chi connectivity index (χ0) is 17.7. The highest BCUT2D eigenvalue weighted by molar-refractivity contribution is 7.89. The van der Waals surface area contributed by atoms with Crippen molar-refractivity contribution in [2.75, 3.05) is 11.9 Å². The first-order valence-electron chi connectivity index (χ1n) is 7.46. The van der Waals surface area contributed by atoms with Crippen LogP contribution >= 0.6 is 11.6 Å². The smallest absolute Gasteiger partial charge is 0.241 e. The predicted molar refractivity (Wildman–Crippen MR) is 95.8 cm³/mol. The SMILES string of the molecule is CCc1cccc(NC(=O)CNS(=O)(=O)c2cc(Cl)ccc2C)c1. The van der Waals surface area contributed by atoms with Gasteiger partial charge in [0.15, 0.2) is 0 Å². The molecule has 0 saturated carbocycles. The van der Waals surface area contributed by atoms with Gasteiger partial charge in [0.1, 0.15) is 0 Å². The number of aryl methyl sites for hydroxylation is 2. The molecule has 0 bridgehead atoms. The fourth-order valence-electron chi connectivity index (χ4n) is 2.18. The second-order valence-electron chi connectivity index (χ2n) is 5.34. The van der Waals surface area contributed by atoms with Gasteiger partial charge in [-0.25, -0.2) is 13.1 Å². The zero-order valence-electron chi connectivity index (χ0n) is 13.5. The summed E-state index contributed by atoms with van der Waals surface area (Å²) < 4.78 is 26.9. The first kappa shape index (κ1) is 18.4. The average molecular weight is 367 g/mol. The summed E-state index contributed by atoms with van der Waals surface area (Å²) in [4.78, 5) is 12.0. The van der Waals surface area contributed by atoms with Crippen molar-refractivity contribution in [2.24, 2.45) is 0 Å². The van der Waals surface area contributed by atoms with Gasteiger partial charge in [-0.2, -0.15) is 0 Å². The average Bonchev–Trinajstić information content (AvgIpc) is 2.55. The van der Waals surface area contributed by atoms with Crippen LogP contribution in [0.4, 0.5) is 5.69 Å². The largest absolute Gasteiger partial charge is 0.325 e. The molecule has 0 aliphatic rings. The number of benzene rings is 2. The van der Waals surface area contributed by atoms with Gasteiger partial charge in [-0.05, 0) is 48.7 Å². The lowest BCUT2D eigenvalue weighted by Crippen LogP contribution is -2.33. The molecule has 2 N–H and O–H groups in total. The second-order valence-corrected chi connectivity index (χ2v) is 7.51. The van der Waals surface area contributed by atoms with Crippen LogP contribution in [0.3, 0.4) is 0 Å². The second kappa shape index (κ2) is 7.79. The number of nitrogens with one attached hydrogen (secondary N) is 2. The standard InChI is InChI=1S/C17H19ClN2O3S/c1-3-13-5-4-6-15(9-13)20-17(21)11-19-24(22,23)16-10-14(18)8-7-12(16)2/h4-10,19H,3,11H2,1-2H3,(H,20,21). The van der Waals surface area contributed by atoms with Crippen molar-refractivity contribution >= 4 is 33.2 Å². The Morgan fingerprint density at radius 1 is 1.17 bits per heavy atom. The molecule has 0 radical (unpaired) electrons. The monoisotopic (exact) mass is 366 g/mol. The number of rotatable bonds is 6. The highest BCUT2D eigenvalue weighted by Gasteiger charge is 2.18. The number of halogens is 1. The van der Waals surface area contributed by atoms with E-state index in [4.69, 9.17) is 11.6 Å². The molecule has 24 heavy (non-hydrogen) atoms. The van der Waals surface area contributed by atoms with Crippen molar-refractivity contribution in [3.05, 3.63) is 58.6 Å². The van der Waals surface area contributed by atoms with Crippen molar-refractivity contribution in [2.45, 2.75) is 25.2 Å². The molecule has 0 aliphatic heterocycles. The number of hydrogen-bond donors (Lipinski definition) is 2. The molecule has 0 saturated heterocycles. The molecule has 0 fully saturated rings. The molecule has 2 rings (SSSR count). The van der Waals surface area contributed by atoms with E-state index in [1.165, 1.54) is 6.07 Å². The summed E-state index contributed by atoms with van der Waals surface area (Å²) in [6.07, 6.45) is 0.852. The third-order valence-corrected chi connectivity index (χ3v) is 5.26. The van der Waals surface area contributed by atoms with Gasteiger partial charge in [-0.1, -0.05) is 36.7 Å². The number of sulfonamides is 1. The molecule has 0 aromatic heterocycles. The van der Waals surface area contributed by atoms with E-state index in [1.54, 1.807) is 25.1 Å². The Morgan fingerprint density at radius 2 is 1.92 bits per heavy atom. The third-order valence-electron chi connectivity index (χ3n) is 3.48. The summed E-state index contributed by atoms with van der Waals surface area (Å²) in [5, 5.41) is 3.00. The van der Waals surface area contributed by atoms with E-state index in [2.05, 4.69) is 10.0 Å². The molecule has 0 heterocycles. The molecule has 2 aromatic rings. The molecular formula is C17H19ClN2O3S. The van der Waals surface area contributed by atoms with E-state index >= 15 is 0 Å². The maximum Gasteiger partial charge on any atom is 0.241 e. The Bertz CT molecular complexity index is 851. The van der Waals surface area contributed by atoms with Gasteiger partial charge in [-0.15, -0.1) is 0 Å². The van der Waals surface area contributed by atoms with Crippen molar-refractivity contribution in [3.63, 3.8) is 0 Å². The molecule has 0 spiro atoms. The molecule has 0 aliphatic carbocycles. The van der Waals surface area contributed by atoms with Crippen LogP contribution in [0.15, 0.2) is 47.4 Å². The molecular weight excluding hydrogens is 348 g/mol. The molecule has 7 heteroatoms. The van der Waals surface area contributed by atoms with E-state index in [0.29, 0.717) is 16.3 Å². The maximum absolute atomic E-state index is 12.3. The van der Waals surface area contributed by atoms with Crippen molar-refractivity contribution < 1.29 is 13.2 Å². The van der Waals surface area contributed by atoms with Crippen molar-refractivity contribution in [1.82, 2.24) is 4.72 Å². The highest BCUT2D eigenvalue weighted by atomic mass is 35.5. The summed E-state index contributed by atoms with van der Waals surface area (Å²) in [5.41, 5.74) is 2.28. The van der Waals surface area contributed by atoms with E-state index in [9.17, 15) is 13.2 Å². The van der Waals surface area contributed by atoms with Crippen molar-refractivity contribution in [1.29, 1.82) is 0 Å². The fourth-order valence-corrected chi connectivity index (χ4v) is 3.66. The maximum atomic E-state index is 12.3. The number of anilines is 1. The Balaban J connectivity index is 2.03. The van der Waals surface area contributed by atoms with Gasteiger partial charge >= 0.3 is 0 Å². The summed E-state index contributed by atoms with van der Waals surface area (Å²) in [7, 11) is -3.81. The normalized spacial score (nSPS) is 11.3. The van der Waals surface area contributed by atoms with E-state index < -0.39 is 15.9 Å². The quantitative estimate of drug-likeness (QED) is 0.824. The van der Waals surface area contributed by atoms with Crippen LogP contribution in [0.2, 0.25) is 5.02 Å². The van der Waals surface area contributed by atoms with Gasteiger partial charge < -0.3 is 5.32 Å². The van der Waals surface area contributed by atoms with Gasteiger partial charge in [0, 0.05) is 10.7 Å². The molecule has 0 atom stereocenters. The minimum absolute atomic E-state index is 0.0655. The van der Waals surface area contributed by atoms with Gasteiger partial charge in [0.25, 0.3) is 0 Å². The zero-order valence-corrected chi connectivity index (χ0v) is 15.0. The Morgan fingerprint density at radius 3 is 2.62 bits per heavy atom. The fraction of sp³-hybridized carbons (Fsp3) is 0.235. The summed E-state index contributed by atoms with van der Waals surface area (Å²) in [6.45, 7) is 3.33. The highest BCUT2D eigenvalue weighted by Crippen LogP contribution is 2.19. The van der Waals surface area contributed by atoms with E-state index in [1.807, 2.05) is 25.1 Å². The summed E-state index contributed by atoms with van der Waals surface area (Å²) in [6, 6.07) is 12.0. The lowest BCUT2D eigenvalue weighted by molar-refractivity contribution is -0.115. The van der Waals surface area contributed by atoms with Gasteiger partial charge in [-0.3, -0.25) is 4.79 Å². The number of carbonyl (C=O) groups excluding carboxylic acids is 1. The van der Waals surface area contributed by atoms with Gasteiger partial charge in [0.05, 0.1) is 11.4 Å². The number of amides is 1. The minimum atomic E-state index is -3.81. The lowest BCUT2D eigenvalue weighted by atomic mass is 10.1. The van der Waals surface area contributed by atoms with Gasteiger partial charge in [0.2, 0.25) is 15.9 Å². The van der Waals surface area contributed by atoms with Crippen LogP contribution in [-0.4, -0.2) is 20.9 Å². The van der Waals surface area contributed by atoms with Crippen LogP contribution in [0, 0.1) is 6.92 Å². The van der Waals surface area contributed by atoms with Crippen molar-refractivity contribution in [3.8, 4) is 0 Å². The summed E-state index contributed by atoms with van der Waals surface area (Å²) >= 11 is 5.85. The Hall–Kier alpha value is -1.89. The van der Waals surface area contributed by atoms with E-state index in [-0.39, 0.29) is 11.4 Å². The molecule has 5 nitrogen and oxygen atoms in total. The molecule has 2 aromatic carbocycles. The topological polar surface area (TPSA) is 75.3 Å². The first-order valence-corrected chi connectivity index (χ1v) is 9.32. The molecule has 0 unspecified atom stereocenters. The first-order chi connectivity index (χ1) is 11.3. The minimum Gasteiger partial charge on any atom is -0.325 e. The van der Waals surface area contributed by atoms with Crippen LogP contribution in [0.25, 0.3) is 0 Å². The lowest BCUT2D eigenvalue weighted by Gasteiger charge is -2.10. The number of carbonyl (C=O) groups is 1. The van der Waals surface area contributed by atoms with E-state index in [0.717, 1.165) is 12.0 Å².